The SMILES string of the molecule is C=C[C@H]1CC=CC[C@H]1CO[Si](c1ccccc1)(c1ccccc1)C(C)(C)C. The first-order chi connectivity index (χ1) is 13.0. The van der Waals surface area contributed by atoms with Gasteiger partial charge in [0, 0.05) is 6.61 Å². The maximum absolute atomic E-state index is 7.10. The van der Waals surface area contributed by atoms with Crippen molar-refractivity contribution in [3.8, 4) is 0 Å². The van der Waals surface area contributed by atoms with Crippen molar-refractivity contribution in [1.82, 2.24) is 0 Å². The molecule has 2 aromatic carbocycles. The van der Waals surface area contributed by atoms with Crippen molar-refractivity contribution in [2.45, 2.75) is 38.7 Å². The van der Waals surface area contributed by atoms with Gasteiger partial charge in [-0.25, -0.2) is 0 Å². The van der Waals surface area contributed by atoms with E-state index < -0.39 is 8.32 Å². The van der Waals surface area contributed by atoms with Gasteiger partial charge in [-0.05, 0) is 40.1 Å². The molecule has 0 radical (unpaired) electrons. The van der Waals surface area contributed by atoms with Crippen LogP contribution in [-0.2, 0) is 4.43 Å². The molecule has 142 valence electrons. The van der Waals surface area contributed by atoms with E-state index in [1.54, 1.807) is 0 Å². The zero-order valence-electron chi connectivity index (χ0n) is 16.9. The first kappa shape index (κ1) is 19.8. The molecule has 3 rings (SSSR count). The summed E-state index contributed by atoms with van der Waals surface area (Å²) in [5.41, 5.74) is 0. The number of allylic oxidation sites excluding steroid dienone is 3. The average molecular weight is 377 g/mol. The van der Waals surface area contributed by atoms with Gasteiger partial charge in [0.05, 0.1) is 0 Å². The highest BCUT2D eigenvalue weighted by molar-refractivity contribution is 6.99. The Bertz CT molecular complexity index is 718. The number of benzene rings is 2. The predicted molar refractivity (Wildman–Crippen MR) is 119 cm³/mol. The summed E-state index contributed by atoms with van der Waals surface area (Å²) in [6, 6.07) is 21.8. The summed E-state index contributed by atoms with van der Waals surface area (Å²) in [4.78, 5) is 0. The minimum atomic E-state index is -2.43. The van der Waals surface area contributed by atoms with Gasteiger partial charge in [0.25, 0.3) is 8.32 Å². The Labute approximate surface area is 165 Å². The van der Waals surface area contributed by atoms with Crippen LogP contribution >= 0.6 is 0 Å². The molecule has 0 amide bonds. The zero-order chi connectivity index (χ0) is 19.3. The molecule has 1 nitrogen and oxygen atoms in total. The van der Waals surface area contributed by atoms with E-state index in [0.29, 0.717) is 11.8 Å². The first-order valence-corrected chi connectivity index (χ1v) is 11.9. The van der Waals surface area contributed by atoms with E-state index in [4.69, 9.17) is 4.43 Å². The van der Waals surface area contributed by atoms with Crippen LogP contribution in [0.15, 0.2) is 85.5 Å². The van der Waals surface area contributed by atoms with Crippen LogP contribution < -0.4 is 10.4 Å². The molecule has 0 fully saturated rings. The molecule has 0 aromatic heterocycles. The van der Waals surface area contributed by atoms with Crippen molar-refractivity contribution in [2.75, 3.05) is 6.61 Å². The molecular weight excluding hydrogens is 344 g/mol. The summed E-state index contributed by atoms with van der Waals surface area (Å²) in [6.45, 7) is 11.9. The van der Waals surface area contributed by atoms with E-state index in [0.717, 1.165) is 19.4 Å². The highest BCUT2D eigenvalue weighted by Crippen LogP contribution is 2.38. The fourth-order valence-electron chi connectivity index (χ4n) is 4.37. The number of hydrogen-bond donors (Lipinski definition) is 0. The Hall–Kier alpha value is -1.90. The fraction of sp³-hybridized carbons (Fsp3) is 0.360. The second-order valence-electron chi connectivity index (χ2n) is 8.58. The van der Waals surface area contributed by atoms with Crippen LogP contribution in [0.2, 0.25) is 5.04 Å². The van der Waals surface area contributed by atoms with Gasteiger partial charge >= 0.3 is 0 Å². The molecule has 27 heavy (non-hydrogen) atoms. The highest BCUT2D eigenvalue weighted by atomic mass is 28.4. The molecule has 2 heteroatoms. The van der Waals surface area contributed by atoms with Gasteiger partial charge in [0.15, 0.2) is 0 Å². The molecule has 1 aliphatic carbocycles. The molecule has 0 heterocycles. The van der Waals surface area contributed by atoms with Crippen LogP contribution in [0.25, 0.3) is 0 Å². The second-order valence-corrected chi connectivity index (χ2v) is 12.9. The minimum absolute atomic E-state index is 0.0316. The lowest BCUT2D eigenvalue weighted by Crippen LogP contribution is -2.67. The molecule has 2 aromatic rings. The second kappa shape index (κ2) is 8.41. The third kappa shape index (κ3) is 4.02. The molecule has 0 N–H and O–H groups in total. The third-order valence-corrected chi connectivity index (χ3v) is 10.9. The zero-order valence-corrected chi connectivity index (χ0v) is 17.9. The van der Waals surface area contributed by atoms with Crippen LogP contribution in [0.5, 0.6) is 0 Å². The number of hydrogen-bond acceptors (Lipinski definition) is 1. The molecule has 0 aliphatic heterocycles. The summed E-state index contributed by atoms with van der Waals surface area (Å²) in [7, 11) is -2.43. The maximum atomic E-state index is 7.10. The van der Waals surface area contributed by atoms with Gasteiger partial charge in [0.2, 0.25) is 0 Å². The minimum Gasteiger partial charge on any atom is -0.407 e. The Balaban J connectivity index is 2.04. The van der Waals surface area contributed by atoms with Gasteiger partial charge in [-0.2, -0.15) is 0 Å². The van der Waals surface area contributed by atoms with Gasteiger partial charge in [0.1, 0.15) is 0 Å². The Morgan fingerprint density at radius 1 is 0.926 bits per heavy atom. The monoisotopic (exact) mass is 376 g/mol. The molecule has 2 atom stereocenters. The Kier molecular flexibility index (Phi) is 6.18. The van der Waals surface area contributed by atoms with Crippen LogP contribution in [0.3, 0.4) is 0 Å². The molecule has 0 saturated heterocycles. The van der Waals surface area contributed by atoms with Crippen molar-refractivity contribution in [3.05, 3.63) is 85.5 Å². The summed E-state index contributed by atoms with van der Waals surface area (Å²) >= 11 is 0. The fourth-order valence-corrected chi connectivity index (χ4v) is 8.99. The van der Waals surface area contributed by atoms with Crippen LogP contribution in [-0.4, -0.2) is 14.9 Å². The predicted octanol–water partition coefficient (Wildman–Crippen LogP) is 5.33. The molecule has 0 bridgehead atoms. The Morgan fingerprint density at radius 3 is 1.93 bits per heavy atom. The first-order valence-electron chi connectivity index (χ1n) is 10.0. The lowest BCUT2D eigenvalue weighted by molar-refractivity contribution is 0.200. The van der Waals surface area contributed by atoms with E-state index in [2.05, 4.69) is 106 Å². The van der Waals surface area contributed by atoms with E-state index in [1.165, 1.54) is 10.4 Å². The van der Waals surface area contributed by atoms with Gasteiger partial charge < -0.3 is 4.43 Å². The van der Waals surface area contributed by atoms with Crippen molar-refractivity contribution in [1.29, 1.82) is 0 Å². The van der Waals surface area contributed by atoms with Gasteiger partial charge in [-0.1, -0.05) is 99.7 Å². The van der Waals surface area contributed by atoms with Crippen molar-refractivity contribution in [2.24, 2.45) is 11.8 Å². The largest absolute Gasteiger partial charge is 0.407 e. The normalized spacial score (nSPS) is 20.4. The van der Waals surface area contributed by atoms with Gasteiger partial charge in [-0.15, -0.1) is 6.58 Å². The van der Waals surface area contributed by atoms with E-state index in [-0.39, 0.29) is 5.04 Å². The topological polar surface area (TPSA) is 9.23 Å². The standard InChI is InChI=1S/C25H32OSi/c1-5-21-14-12-13-15-22(21)20-26-27(25(2,3)4,23-16-8-6-9-17-23)24-18-10-7-11-19-24/h5-13,16-19,21-22H,1,14-15,20H2,2-4H3/t21-,22-/m0/s1. The summed E-state index contributed by atoms with van der Waals surface area (Å²) in [5.74, 6) is 1.02. The van der Waals surface area contributed by atoms with Crippen LogP contribution in [0.1, 0.15) is 33.6 Å². The van der Waals surface area contributed by atoms with Gasteiger partial charge in [-0.3, -0.25) is 0 Å². The maximum Gasteiger partial charge on any atom is 0.261 e. The quantitative estimate of drug-likeness (QED) is 0.489. The summed E-state index contributed by atoms with van der Waals surface area (Å²) < 4.78 is 7.10. The van der Waals surface area contributed by atoms with E-state index >= 15 is 0 Å². The lowest BCUT2D eigenvalue weighted by Gasteiger charge is -2.44. The molecule has 1 aliphatic rings. The van der Waals surface area contributed by atoms with Crippen molar-refractivity contribution >= 4 is 18.7 Å². The smallest absolute Gasteiger partial charge is 0.261 e. The van der Waals surface area contributed by atoms with Crippen molar-refractivity contribution < 1.29 is 4.43 Å². The van der Waals surface area contributed by atoms with Crippen LogP contribution in [0.4, 0.5) is 0 Å². The van der Waals surface area contributed by atoms with Crippen molar-refractivity contribution in [3.63, 3.8) is 0 Å². The summed E-state index contributed by atoms with van der Waals surface area (Å²) in [6.07, 6.45) is 8.86. The van der Waals surface area contributed by atoms with E-state index in [1.807, 2.05) is 0 Å². The highest BCUT2D eigenvalue weighted by Gasteiger charge is 2.50. The number of rotatable bonds is 6. The average Bonchev–Trinajstić information content (AvgIpc) is 2.69. The third-order valence-electron chi connectivity index (χ3n) is 5.85. The molecule has 0 spiro atoms. The molecule has 0 unspecified atom stereocenters. The molecule has 0 saturated carbocycles. The van der Waals surface area contributed by atoms with Crippen LogP contribution in [0, 0.1) is 11.8 Å². The lowest BCUT2D eigenvalue weighted by atomic mass is 9.84. The van der Waals surface area contributed by atoms with E-state index in [9.17, 15) is 0 Å². The Morgan fingerprint density at radius 2 is 1.44 bits per heavy atom. The summed E-state index contributed by atoms with van der Waals surface area (Å²) in [5, 5.41) is 2.74. The molecular formula is C25H32OSi.